The largest absolute Gasteiger partial charge is 0.333 e. The molecule has 136 valence electrons. The minimum Gasteiger partial charge on any atom is -0.333 e. The van der Waals surface area contributed by atoms with Crippen LogP contribution in [-0.4, -0.2) is 22.9 Å². The van der Waals surface area contributed by atoms with E-state index in [1.807, 2.05) is 6.08 Å². The van der Waals surface area contributed by atoms with Crippen molar-refractivity contribution in [2.45, 2.75) is 89.1 Å². The van der Waals surface area contributed by atoms with Gasteiger partial charge in [0.2, 0.25) is 5.91 Å². The van der Waals surface area contributed by atoms with Crippen molar-refractivity contribution in [1.82, 2.24) is 4.90 Å². The van der Waals surface area contributed by atoms with Gasteiger partial charge < -0.3 is 4.90 Å². The van der Waals surface area contributed by atoms with Crippen molar-refractivity contribution in [3.05, 3.63) is 48.0 Å². The first-order chi connectivity index (χ1) is 12.3. The minimum absolute atomic E-state index is 0.270. The molecular weight excluding hydrogens is 306 g/mol. The first kappa shape index (κ1) is 18.2. The third-order valence-electron chi connectivity index (χ3n) is 5.89. The zero-order chi connectivity index (χ0) is 17.3. The summed E-state index contributed by atoms with van der Waals surface area (Å²) < 4.78 is 0. The molecule has 0 aliphatic heterocycles. The van der Waals surface area contributed by atoms with Crippen LogP contribution in [0.5, 0.6) is 0 Å². The molecule has 25 heavy (non-hydrogen) atoms. The molecule has 0 heterocycles. The van der Waals surface area contributed by atoms with Gasteiger partial charge in [-0.2, -0.15) is 0 Å². The highest BCUT2D eigenvalue weighted by atomic mass is 16.2. The molecule has 0 bridgehead atoms. The summed E-state index contributed by atoms with van der Waals surface area (Å²) in [6, 6.07) is 11.5. The number of nitrogens with zero attached hydrogens (tertiary/aromatic N) is 1. The van der Waals surface area contributed by atoms with Crippen LogP contribution in [0.3, 0.4) is 0 Å². The number of benzene rings is 1. The molecule has 1 aromatic rings. The van der Waals surface area contributed by atoms with E-state index >= 15 is 0 Å². The Morgan fingerprint density at radius 2 is 1.44 bits per heavy atom. The number of amides is 1. The van der Waals surface area contributed by atoms with Gasteiger partial charge in [0.1, 0.15) is 0 Å². The lowest BCUT2D eigenvalue weighted by atomic mass is 9.88. The maximum atomic E-state index is 13.0. The number of allylic oxidation sites excluding steroid dienone is 1. The molecule has 0 atom stereocenters. The highest BCUT2D eigenvalue weighted by molar-refractivity contribution is 5.88. The Morgan fingerprint density at radius 3 is 2.00 bits per heavy atom. The van der Waals surface area contributed by atoms with Gasteiger partial charge in [0.25, 0.3) is 0 Å². The predicted molar refractivity (Wildman–Crippen MR) is 104 cm³/mol. The molecule has 0 saturated heterocycles. The molecule has 2 aliphatic carbocycles. The van der Waals surface area contributed by atoms with Crippen LogP contribution in [0.1, 0.15) is 76.2 Å². The zero-order valence-corrected chi connectivity index (χ0v) is 15.5. The Morgan fingerprint density at radius 1 is 0.880 bits per heavy atom. The van der Waals surface area contributed by atoms with Gasteiger partial charge in [0.05, 0.1) is 0 Å². The van der Waals surface area contributed by atoms with Gasteiger partial charge in [0, 0.05) is 12.1 Å². The fraction of sp³-hybridized carbons (Fsp3) is 0.609. The molecule has 0 aromatic heterocycles. The smallest absolute Gasteiger partial charge is 0.246 e. The number of carbonyl (C=O) groups excluding carboxylic acids is 1. The van der Waals surface area contributed by atoms with Gasteiger partial charge >= 0.3 is 0 Å². The average Bonchev–Trinajstić information content (AvgIpc) is 2.68. The molecule has 0 radical (unpaired) electrons. The monoisotopic (exact) mass is 339 g/mol. The highest BCUT2D eigenvalue weighted by Gasteiger charge is 2.31. The van der Waals surface area contributed by atoms with Gasteiger partial charge in [-0.15, -0.1) is 0 Å². The summed E-state index contributed by atoms with van der Waals surface area (Å²) in [5.41, 5.74) is 1.34. The second kappa shape index (κ2) is 9.79. The SMILES string of the molecule is O=C(/C=C/CCc1ccccc1)N(C1CCCCC1)C1CCCCC1. The van der Waals surface area contributed by atoms with Crippen LogP contribution >= 0.6 is 0 Å². The van der Waals surface area contributed by atoms with Crippen molar-refractivity contribution in [2.75, 3.05) is 0 Å². The normalized spacial score (nSPS) is 20.0. The summed E-state index contributed by atoms with van der Waals surface area (Å²) in [4.78, 5) is 15.3. The fourth-order valence-corrected chi connectivity index (χ4v) is 4.54. The maximum Gasteiger partial charge on any atom is 0.246 e. The molecule has 1 aromatic carbocycles. The lowest BCUT2D eigenvalue weighted by molar-refractivity contribution is -0.132. The van der Waals surface area contributed by atoms with Crippen molar-refractivity contribution in [1.29, 1.82) is 0 Å². The van der Waals surface area contributed by atoms with Crippen LogP contribution in [0, 0.1) is 0 Å². The van der Waals surface area contributed by atoms with Gasteiger partial charge in [0.15, 0.2) is 0 Å². The van der Waals surface area contributed by atoms with E-state index in [0.717, 1.165) is 12.8 Å². The van der Waals surface area contributed by atoms with E-state index in [4.69, 9.17) is 0 Å². The number of rotatable bonds is 6. The van der Waals surface area contributed by atoms with Gasteiger partial charge in [-0.3, -0.25) is 4.79 Å². The summed E-state index contributed by atoms with van der Waals surface area (Å²) in [5, 5.41) is 0. The summed E-state index contributed by atoms with van der Waals surface area (Å²) in [7, 11) is 0. The van der Waals surface area contributed by atoms with Crippen LogP contribution < -0.4 is 0 Å². The molecule has 2 aliphatic rings. The number of carbonyl (C=O) groups is 1. The quantitative estimate of drug-likeness (QED) is 0.612. The van der Waals surface area contributed by atoms with E-state index in [1.54, 1.807) is 0 Å². The Labute approximate surface area is 153 Å². The van der Waals surface area contributed by atoms with Gasteiger partial charge in [-0.1, -0.05) is 74.9 Å². The van der Waals surface area contributed by atoms with E-state index < -0.39 is 0 Å². The van der Waals surface area contributed by atoms with E-state index in [9.17, 15) is 4.79 Å². The average molecular weight is 340 g/mol. The number of aryl methyl sites for hydroxylation is 1. The predicted octanol–water partition coefficient (Wildman–Crippen LogP) is 5.67. The van der Waals surface area contributed by atoms with E-state index in [1.165, 1.54) is 69.8 Å². The molecule has 0 spiro atoms. The Kier molecular flexibility index (Phi) is 7.14. The van der Waals surface area contributed by atoms with Gasteiger partial charge in [-0.25, -0.2) is 0 Å². The second-order valence-corrected chi connectivity index (χ2v) is 7.76. The third kappa shape index (κ3) is 5.45. The molecular formula is C23H33NO. The van der Waals surface area contributed by atoms with E-state index in [0.29, 0.717) is 12.1 Å². The molecule has 0 unspecified atom stereocenters. The zero-order valence-electron chi connectivity index (χ0n) is 15.5. The summed E-state index contributed by atoms with van der Waals surface area (Å²) >= 11 is 0. The van der Waals surface area contributed by atoms with Crippen LogP contribution in [-0.2, 0) is 11.2 Å². The molecule has 0 N–H and O–H groups in total. The molecule has 2 fully saturated rings. The third-order valence-corrected chi connectivity index (χ3v) is 5.89. The minimum atomic E-state index is 0.270. The first-order valence-electron chi connectivity index (χ1n) is 10.4. The second-order valence-electron chi connectivity index (χ2n) is 7.76. The van der Waals surface area contributed by atoms with Crippen LogP contribution in [0.15, 0.2) is 42.5 Å². The number of hydrogen-bond donors (Lipinski definition) is 0. The van der Waals surface area contributed by atoms with Gasteiger partial charge in [-0.05, 0) is 50.2 Å². The van der Waals surface area contributed by atoms with E-state index in [2.05, 4.69) is 41.3 Å². The van der Waals surface area contributed by atoms with Crippen molar-refractivity contribution in [2.24, 2.45) is 0 Å². The lowest BCUT2D eigenvalue weighted by Crippen LogP contribution is -2.48. The van der Waals surface area contributed by atoms with Crippen molar-refractivity contribution in [3.8, 4) is 0 Å². The van der Waals surface area contributed by atoms with Crippen molar-refractivity contribution in [3.63, 3.8) is 0 Å². The number of hydrogen-bond acceptors (Lipinski definition) is 1. The Balaban J connectivity index is 1.58. The van der Waals surface area contributed by atoms with E-state index in [-0.39, 0.29) is 5.91 Å². The first-order valence-corrected chi connectivity index (χ1v) is 10.4. The van der Waals surface area contributed by atoms with Crippen molar-refractivity contribution >= 4 is 5.91 Å². The highest BCUT2D eigenvalue weighted by Crippen LogP contribution is 2.30. The Bertz CT molecular complexity index is 520. The fourth-order valence-electron chi connectivity index (χ4n) is 4.54. The molecule has 2 nitrogen and oxygen atoms in total. The summed E-state index contributed by atoms with van der Waals surface area (Å²) in [6.45, 7) is 0. The lowest BCUT2D eigenvalue weighted by Gasteiger charge is -2.41. The molecule has 3 rings (SSSR count). The molecule has 2 saturated carbocycles. The summed E-state index contributed by atoms with van der Waals surface area (Å²) in [6.07, 6.45) is 18.6. The van der Waals surface area contributed by atoms with Crippen LogP contribution in [0.4, 0.5) is 0 Å². The van der Waals surface area contributed by atoms with Crippen LogP contribution in [0.25, 0.3) is 0 Å². The summed E-state index contributed by atoms with van der Waals surface area (Å²) in [5.74, 6) is 0.270. The Hall–Kier alpha value is -1.57. The standard InChI is InChI=1S/C23H33NO/c25-23(19-11-10-14-20-12-4-1-5-13-20)24(21-15-6-2-7-16-21)22-17-8-3-9-18-22/h1,4-5,11-13,19,21-22H,2-3,6-10,14-18H2/b19-11+. The molecule has 2 heteroatoms. The van der Waals surface area contributed by atoms with Crippen molar-refractivity contribution < 1.29 is 4.79 Å². The molecule has 1 amide bonds. The topological polar surface area (TPSA) is 20.3 Å². The van der Waals surface area contributed by atoms with Crippen LogP contribution in [0.2, 0.25) is 0 Å². The maximum absolute atomic E-state index is 13.0.